The zero-order chi connectivity index (χ0) is 20.6. The molecule has 0 aliphatic carbocycles. The molecule has 2 aromatic heterocycles. The summed E-state index contributed by atoms with van der Waals surface area (Å²) in [6.07, 6.45) is 1.68. The highest BCUT2D eigenvalue weighted by molar-refractivity contribution is 7.98. The van der Waals surface area contributed by atoms with Crippen LogP contribution in [-0.2, 0) is 11.5 Å². The van der Waals surface area contributed by atoms with Crippen LogP contribution in [0.5, 0.6) is 0 Å². The molecular formula is C21H22FN3O2S2. The first-order valence-electron chi connectivity index (χ1n) is 9.15. The summed E-state index contributed by atoms with van der Waals surface area (Å²) in [5, 5.41) is 7.55. The molecule has 0 saturated heterocycles. The summed E-state index contributed by atoms with van der Waals surface area (Å²) in [6.45, 7) is 4.28. The normalized spacial score (nSPS) is 10.9. The fourth-order valence-corrected chi connectivity index (χ4v) is 4.65. The molecule has 3 aromatic rings. The Labute approximate surface area is 177 Å². The van der Waals surface area contributed by atoms with Crippen LogP contribution >= 0.6 is 23.5 Å². The Bertz CT molecular complexity index is 959. The number of aromatic nitrogens is 2. The van der Waals surface area contributed by atoms with Crippen molar-refractivity contribution in [2.45, 2.75) is 30.4 Å². The Morgan fingerprint density at radius 1 is 1.17 bits per heavy atom. The Kier molecular flexibility index (Phi) is 7.71. The number of thioether (sulfide) groups is 2. The fourth-order valence-electron chi connectivity index (χ4n) is 2.66. The smallest absolute Gasteiger partial charge is 0.254 e. The highest BCUT2D eigenvalue weighted by Gasteiger charge is 2.15. The van der Waals surface area contributed by atoms with Crippen molar-refractivity contribution in [1.29, 1.82) is 0 Å². The van der Waals surface area contributed by atoms with Crippen LogP contribution in [0.25, 0.3) is 0 Å². The van der Waals surface area contributed by atoms with Crippen LogP contribution in [0.15, 0.2) is 52.1 Å². The number of aryl methyl sites for hydroxylation is 2. The van der Waals surface area contributed by atoms with E-state index < -0.39 is 0 Å². The van der Waals surface area contributed by atoms with Gasteiger partial charge in [-0.15, -0.1) is 11.8 Å². The number of hydrogen-bond acceptors (Lipinski definition) is 6. The molecule has 0 unspecified atom stereocenters. The maximum atomic E-state index is 13.6. The highest BCUT2D eigenvalue weighted by atomic mass is 32.2. The molecule has 152 valence electrons. The van der Waals surface area contributed by atoms with Crippen molar-refractivity contribution in [3.63, 3.8) is 0 Å². The van der Waals surface area contributed by atoms with Gasteiger partial charge in [0.25, 0.3) is 5.91 Å². The molecule has 3 rings (SSSR count). The van der Waals surface area contributed by atoms with E-state index in [1.165, 1.54) is 17.8 Å². The van der Waals surface area contributed by atoms with E-state index in [1.807, 2.05) is 19.9 Å². The highest BCUT2D eigenvalue weighted by Crippen LogP contribution is 2.27. The SMILES string of the molecule is Cc1noc(C)c1CSc1ncccc1C(=O)NCCSCc1ccccc1F. The van der Waals surface area contributed by atoms with Crippen molar-refractivity contribution < 1.29 is 13.7 Å². The molecule has 0 spiro atoms. The topological polar surface area (TPSA) is 68.0 Å². The van der Waals surface area contributed by atoms with Gasteiger partial charge in [-0.3, -0.25) is 4.79 Å². The number of hydrogen-bond donors (Lipinski definition) is 1. The predicted octanol–water partition coefficient (Wildman–Crippen LogP) is 4.78. The Morgan fingerprint density at radius 2 is 2.00 bits per heavy atom. The molecule has 0 saturated carbocycles. The average Bonchev–Trinajstić information content (AvgIpc) is 3.05. The first-order valence-corrected chi connectivity index (χ1v) is 11.3. The number of nitrogens with one attached hydrogen (secondary N) is 1. The van der Waals surface area contributed by atoms with Crippen molar-refractivity contribution in [2.24, 2.45) is 0 Å². The third kappa shape index (κ3) is 5.83. The zero-order valence-electron chi connectivity index (χ0n) is 16.3. The number of carbonyl (C=O) groups excluding carboxylic acids is 1. The average molecular weight is 432 g/mol. The number of benzene rings is 1. The van der Waals surface area contributed by atoms with Crippen LogP contribution in [0.4, 0.5) is 4.39 Å². The Hall–Kier alpha value is -2.32. The lowest BCUT2D eigenvalue weighted by molar-refractivity contribution is 0.0952. The maximum Gasteiger partial charge on any atom is 0.254 e. The second-order valence-electron chi connectivity index (χ2n) is 6.35. The third-order valence-corrected chi connectivity index (χ3v) is 6.34. The van der Waals surface area contributed by atoms with E-state index in [2.05, 4.69) is 15.5 Å². The molecule has 0 fully saturated rings. The van der Waals surface area contributed by atoms with E-state index in [1.54, 1.807) is 42.2 Å². The van der Waals surface area contributed by atoms with E-state index in [4.69, 9.17) is 4.52 Å². The number of halogens is 1. The largest absolute Gasteiger partial charge is 0.361 e. The van der Waals surface area contributed by atoms with Crippen molar-refractivity contribution >= 4 is 29.4 Å². The molecule has 5 nitrogen and oxygen atoms in total. The van der Waals surface area contributed by atoms with Crippen LogP contribution in [0.2, 0.25) is 0 Å². The number of rotatable bonds is 9. The second kappa shape index (κ2) is 10.5. The van der Waals surface area contributed by atoms with Crippen molar-refractivity contribution in [1.82, 2.24) is 15.5 Å². The minimum absolute atomic E-state index is 0.161. The van der Waals surface area contributed by atoms with Crippen LogP contribution in [0.1, 0.15) is 32.9 Å². The molecule has 1 amide bonds. The van der Waals surface area contributed by atoms with Gasteiger partial charge in [0.2, 0.25) is 0 Å². The van der Waals surface area contributed by atoms with E-state index in [0.29, 0.717) is 40.0 Å². The summed E-state index contributed by atoms with van der Waals surface area (Å²) in [7, 11) is 0. The van der Waals surface area contributed by atoms with Crippen LogP contribution in [0.3, 0.4) is 0 Å². The van der Waals surface area contributed by atoms with Gasteiger partial charge < -0.3 is 9.84 Å². The van der Waals surface area contributed by atoms with Gasteiger partial charge >= 0.3 is 0 Å². The van der Waals surface area contributed by atoms with Crippen LogP contribution in [0, 0.1) is 19.7 Å². The summed E-state index contributed by atoms with van der Waals surface area (Å²) >= 11 is 3.07. The summed E-state index contributed by atoms with van der Waals surface area (Å²) in [5.74, 6) is 2.33. The number of carbonyl (C=O) groups is 1. The lowest BCUT2D eigenvalue weighted by Gasteiger charge is -2.09. The van der Waals surface area contributed by atoms with E-state index in [0.717, 1.165) is 17.0 Å². The van der Waals surface area contributed by atoms with Crippen molar-refractivity contribution in [2.75, 3.05) is 12.3 Å². The van der Waals surface area contributed by atoms with Gasteiger partial charge in [-0.25, -0.2) is 9.37 Å². The lowest BCUT2D eigenvalue weighted by atomic mass is 10.2. The van der Waals surface area contributed by atoms with E-state index in [-0.39, 0.29) is 11.7 Å². The zero-order valence-corrected chi connectivity index (χ0v) is 17.9. The fraction of sp³-hybridized carbons (Fsp3) is 0.286. The third-order valence-electron chi connectivity index (χ3n) is 4.30. The monoisotopic (exact) mass is 431 g/mol. The first kappa shape index (κ1) is 21.4. The van der Waals surface area contributed by atoms with E-state index in [9.17, 15) is 9.18 Å². The summed E-state index contributed by atoms with van der Waals surface area (Å²) in [6, 6.07) is 10.3. The Balaban J connectivity index is 1.50. The first-order chi connectivity index (χ1) is 14.1. The molecule has 29 heavy (non-hydrogen) atoms. The standard InChI is InChI=1S/C21H22FN3O2S2/c1-14-18(15(2)27-25-14)13-29-21-17(7-5-9-24-21)20(26)23-10-11-28-12-16-6-3-4-8-19(16)22/h3-9H,10-13H2,1-2H3,(H,23,26). The maximum absolute atomic E-state index is 13.6. The van der Waals surface area contributed by atoms with Gasteiger partial charge in [-0.05, 0) is 37.6 Å². The molecule has 1 aromatic carbocycles. The van der Waals surface area contributed by atoms with Crippen molar-refractivity contribution in [3.05, 3.63) is 76.6 Å². The minimum atomic E-state index is -0.195. The summed E-state index contributed by atoms with van der Waals surface area (Å²) < 4.78 is 18.8. The van der Waals surface area contributed by atoms with Gasteiger partial charge in [0.15, 0.2) is 0 Å². The van der Waals surface area contributed by atoms with Gasteiger partial charge in [0.1, 0.15) is 16.6 Å². The predicted molar refractivity (Wildman–Crippen MR) is 115 cm³/mol. The summed E-state index contributed by atoms with van der Waals surface area (Å²) in [4.78, 5) is 16.9. The van der Waals surface area contributed by atoms with Crippen LogP contribution < -0.4 is 5.32 Å². The van der Waals surface area contributed by atoms with Gasteiger partial charge in [-0.1, -0.05) is 23.4 Å². The molecular weight excluding hydrogens is 409 g/mol. The Morgan fingerprint density at radius 3 is 2.76 bits per heavy atom. The van der Waals surface area contributed by atoms with Gasteiger partial charge in [-0.2, -0.15) is 11.8 Å². The quantitative estimate of drug-likeness (QED) is 0.388. The summed E-state index contributed by atoms with van der Waals surface area (Å²) in [5.41, 5.74) is 3.10. The van der Waals surface area contributed by atoms with Crippen molar-refractivity contribution in [3.8, 4) is 0 Å². The molecule has 0 bridgehead atoms. The van der Waals surface area contributed by atoms with E-state index >= 15 is 0 Å². The molecule has 8 heteroatoms. The number of amides is 1. The lowest BCUT2D eigenvalue weighted by Crippen LogP contribution is -2.26. The number of pyridine rings is 1. The molecule has 0 radical (unpaired) electrons. The molecule has 2 heterocycles. The number of nitrogens with zero attached hydrogens (tertiary/aromatic N) is 2. The molecule has 0 atom stereocenters. The van der Waals surface area contributed by atoms with Gasteiger partial charge in [0, 0.05) is 35.6 Å². The molecule has 1 N–H and O–H groups in total. The van der Waals surface area contributed by atoms with Crippen LogP contribution in [-0.4, -0.2) is 28.3 Å². The van der Waals surface area contributed by atoms with Gasteiger partial charge in [0.05, 0.1) is 11.3 Å². The minimum Gasteiger partial charge on any atom is -0.361 e. The molecule has 0 aliphatic rings. The molecule has 0 aliphatic heterocycles. The second-order valence-corrected chi connectivity index (χ2v) is 8.42.